The molecule has 8 aromatic rings. The molecule has 0 aliphatic heterocycles. The van der Waals surface area contributed by atoms with E-state index >= 15 is 0 Å². The second-order valence-corrected chi connectivity index (χ2v) is 15.9. The molecule has 56 heavy (non-hydrogen) atoms. The molecule has 1 aromatic heterocycles. The number of pyridine rings is 1. The Hall–Kier alpha value is -6.45. The highest BCUT2D eigenvalue weighted by molar-refractivity contribution is 6.12. The summed E-state index contributed by atoms with van der Waals surface area (Å²) in [5.41, 5.74) is 14.0. The maximum Gasteiger partial charge on any atom is 0.138 e. The fraction of sp³-hybridized carbons (Fsp3) is 0.151. The zero-order valence-electron chi connectivity index (χ0n) is 32.4. The minimum absolute atomic E-state index is 0.00890. The summed E-state index contributed by atoms with van der Waals surface area (Å²) in [5, 5.41) is 6.27. The van der Waals surface area contributed by atoms with Gasteiger partial charge in [-0.25, -0.2) is 4.98 Å². The van der Waals surface area contributed by atoms with E-state index in [1.54, 1.807) is 0 Å². The Morgan fingerprint density at radius 3 is 2.05 bits per heavy atom. The SMILES string of the molecule is CC(C)C1=CC(N(c2ccccc2)c2cccc3ccccc23)C2=CCc3c(C(C)C)cc(N(c4ccccc4)c4ccc5ccccc5n4)c4ccc1c2c34. The minimum Gasteiger partial charge on any atom is -0.330 e. The van der Waals surface area contributed by atoms with Crippen molar-refractivity contribution in [3.63, 3.8) is 0 Å². The van der Waals surface area contributed by atoms with Crippen LogP contribution in [0.3, 0.4) is 0 Å². The van der Waals surface area contributed by atoms with Gasteiger partial charge in [0.25, 0.3) is 0 Å². The first-order valence-electron chi connectivity index (χ1n) is 20.0. The van der Waals surface area contributed by atoms with Crippen molar-refractivity contribution in [1.29, 1.82) is 0 Å². The summed E-state index contributed by atoms with van der Waals surface area (Å²) in [6.07, 6.45) is 5.99. The summed E-state index contributed by atoms with van der Waals surface area (Å²) >= 11 is 0. The monoisotopic (exact) mass is 723 g/mol. The fourth-order valence-electron chi connectivity index (χ4n) is 9.30. The molecule has 10 rings (SSSR count). The Kier molecular flexibility index (Phi) is 8.33. The van der Waals surface area contributed by atoms with Crippen molar-refractivity contribution in [2.75, 3.05) is 9.80 Å². The van der Waals surface area contributed by atoms with Gasteiger partial charge in [-0.2, -0.15) is 0 Å². The van der Waals surface area contributed by atoms with E-state index in [1.165, 1.54) is 66.3 Å². The number of benzene rings is 7. The van der Waals surface area contributed by atoms with Gasteiger partial charge in [-0.3, -0.25) is 4.90 Å². The summed E-state index contributed by atoms with van der Waals surface area (Å²) in [6, 6.07) is 57.3. The number of hydrogen-bond acceptors (Lipinski definition) is 3. The summed E-state index contributed by atoms with van der Waals surface area (Å²) in [4.78, 5) is 10.3. The molecule has 0 N–H and O–H groups in total. The van der Waals surface area contributed by atoms with Crippen LogP contribution in [0.4, 0.5) is 28.6 Å². The normalized spacial score (nSPS) is 14.7. The summed E-state index contributed by atoms with van der Waals surface area (Å²) in [5.74, 6) is 1.58. The lowest BCUT2D eigenvalue weighted by atomic mass is 9.72. The number of anilines is 5. The van der Waals surface area contributed by atoms with Crippen LogP contribution in [0, 0.1) is 5.92 Å². The Labute approximate surface area is 329 Å². The predicted molar refractivity (Wildman–Crippen MR) is 239 cm³/mol. The first-order valence-corrected chi connectivity index (χ1v) is 20.0. The predicted octanol–water partition coefficient (Wildman–Crippen LogP) is 14.3. The topological polar surface area (TPSA) is 19.4 Å². The number of fused-ring (bicyclic) bond motifs is 2. The number of hydrogen-bond donors (Lipinski definition) is 0. The van der Waals surface area contributed by atoms with Gasteiger partial charge in [-0.1, -0.05) is 143 Å². The number of aromatic nitrogens is 1. The molecule has 3 nitrogen and oxygen atoms in total. The highest BCUT2D eigenvalue weighted by atomic mass is 15.2. The van der Waals surface area contributed by atoms with Crippen molar-refractivity contribution in [3.05, 3.63) is 192 Å². The third kappa shape index (κ3) is 5.53. The molecule has 2 aliphatic carbocycles. The second-order valence-electron chi connectivity index (χ2n) is 15.9. The van der Waals surface area contributed by atoms with E-state index < -0.39 is 0 Å². The molecule has 1 unspecified atom stereocenters. The van der Waals surface area contributed by atoms with E-state index in [0.29, 0.717) is 11.8 Å². The Morgan fingerprint density at radius 1 is 0.589 bits per heavy atom. The van der Waals surface area contributed by atoms with Crippen molar-refractivity contribution in [2.45, 2.75) is 46.1 Å². The molecule has 0 amide bonds. The number of nitrogens with zero attached hydrogens (tertiary/aromatic N) is 3. The molecule has 0 bridgehead atoms. The highest BCUT2D eigenvalue weighted by Crippen LogP contribution is 2.52. The zero-order valence-corrected chi connectivity index (χ0v) is 32.4. The number of allylic oxidation sites excluding steroid dienone is 2. The van der Waals surface area contributed by atoms with Gasteiger partial charge < -0.3 is 4.90 Å². The largest absolute Gasteiger partial charge is 0.330 e. The standard InChI is InChI=1S/C53H45N3/c1-34(2)45-32-49(55(38-19-7-5-8-20-38)48-25-15-18-36-16-11-13-23-40(36)48)43-29-27-42-46(35(3)4)33-50(44-30-28-41(45)52(43)53(42)44)56(39-21-9-6-10-22-39)51-31-26-37-17-12-14-24-47(37)54-51/h5-26,28-35,49H,27H2,1-4H3. The van der Waals surface area contributed by atoms with Gasteiger partial charge in [0.2, 0.25) is 0 Å². The smallest absolute Gasteiger partial charge is 0.138 e. The van der Waals surface area contributed by atoms with Crippen LogP contribution in [0.2, 0.25) is 0 Å². The van der Waals surface area contributed by atoms with Crippen molar-refractivity contribution in [1.82, 2.24) is 4.98 Å². The van der Waals surface area contributed by atoms with Crippen LogP contribution in [0.25, 0.3) is 43.6 Å². The molecule has 0 saturated heterocycles. The van der Waals surface area contributed by atoms with Crippen LogP contribution >= 0.6 is 0 Å². The second kappa shape index (κ2) is 13.7. The summed E-state index contributed by atoms with van der Waals surface area (Å²) < 4.78 is 0. The van der Waals surface area contributed by atoms with Gasteiger partial charge in [-0.15, -0.1) is 0 Å². The van der Waals surface area contributed by atoms with Gasteiger partial charge >= 0.3 is 0 Å². The molecule has 0 saturated carbocycles. The Balaban J connectivity index is 1.26. The van der Waals surface area contributed by atoms with Crippen LogP contribution in [0.1, 0.15) is 55.9 Å². The molecule has 0 fully saturated rings. The molecule has 2 aliphatic rings. The molecule has 0 spiro atoms. The Morgan fingerprint density at radius 2 is 1.29 bits per heavy atom. The third-order valence-corrected chi connectivity index (χ3v) is 11.9. The van der Waals surface area contributed by atoms with E-state index in [0.717, 1.165) is 34.5 Å². The fourth-order valence-corrected chi connectivity index (χ4v) is 9.30. The van der Waals surface area contributed by atoms with E-state index in [9.17, 15) is 0 Å². The maximum atomic E-state index is 5.31. The van der Waals surface area contributed by atoms with Gasteiger partial charge in [0.15, 0.2) is 0 Å². The molecule has 272 valence electrons. The average Bonchev–Trinajstić information content (AvgIpc) is 3.24. The van der Waals surface area contributed by atoms with Crippen LogP contribution in [-0.4, -0.2) is 11.0 Å². The van der Waals surface area contributed by atoms with Gasteiger partial charge in [-0.05, 0) is 117 Å². The van der Waals surface area contributed by atoms with Crippen LogP contribution in [0.5, 0.6) is 0 Å². The number of para-hydroxylation sites is 3. The van der Waals surface area contributed by atoms with Crippen molar-refractivity contribution in [3.8, 4) is 0 Å². The van der Waals surface area contributed by atoms with E-state index in [1.807, 2.05) is 0 Å². The van der Waals surface area contributed by atoms with Gasteiger partial charge in [0, 0.05) is 33.2 Å². The Bertz CT molecular complexity index is 2840. The zero-order chi connectivity index (χ0) is 37.9. The first kappa shape index (κ1) is 34.1. The van der Waals surface area contributed by atoms with Crippen molar-refractivity contribution < 1.29 is 0 Å². The molecule has 1 heterocycles. The van der Waals surface area contributed by atoms with Crippen LogP contribution < -0.4 is 9.80 Å². The average molecular weight is 724 g/mol. The van der Waals surface area contributed by atoms with E-state index in [4.69, 9.17) is 4.98 Å². The molecule has 0 radical (unpaired) electrons. The number of rotatable bonds is 8. The van der Waals surface area contributed by atoms with E-state index in [-0.39, 0.29) is 6.04 Å². The lowest BCUT2D eigenvalue weighted by Gasteiger charge is -2.41. The summed E-state index contributed by atoms with van der Waals surface area (Å²) in [7, 11) is 0. The third-order valence-electron chi connectivity index (χ3n) is 11.9. The van der Waals surface area contributed by atoms with Crippen molar-refractivity contribution >= 4 is 72.2 Å². The van der Waals surface area contributed by atoms with Gasteiger partial charge in [0.05, 0.1) is 17.2 Å². The molecule has 1 atom stereocenters. The van der Waals surface area contributed by atoms with Crippen LogP contribution in [-0.2, 0) is 6.42 Å². The van der Waals surface area contributed by atoms with Gasteiger partial charge in [0.1, 0.15) is 5.82 Å². The highest BCUT2D eigenvalue weighted by Gasteiger charge is 2.36. The maximum absolute atomic E-state index is 5.31. The minimum atomic E-state index is -0.00890. The molecule has 7 aromatic carbocycles. The first-order chi connectivity index (χ1) is 27.5. The molecular formula is C53H45N3. The molecule has 3 heteroatoms. The quantitative estimate of drug-likeness (QED) is 0.156. The lowest BCUT2D eigenvalue weighted by Crippen LogP contribution is -2.34. The molecular weight excluding hydrogens is 679 g/mol. The summed E-state index contributed by atoms with van der Waals surface area (Å²) in [6.45, 7) is 9.39. The van der Waals surface area contributed by atoms with Crippen LogP contribution in [0.15, 0.2) is 170 Å². The van der Waals surface area contributed by atoms with Crippen molar-refractivity contribution in [2.24, 2.45) is 5.92 Å². The van der Waals surface area contributed by atoms with E-state index in [2.05, 4.69) is 207 Å². The lowest BCUT2D eigenvalue weighted by molar-refractivity contribution is 0.832.